The first kappa shape index (κ1) is 9.30. The van der Waals surface area contributed by atoms with Crippen LogP contribution in [0.5, 0.6) is 0 Å². The molecule has 82 valence electrons. The zero-order chi connectivity index (χ0) is 10.5. The van der Waals surface area contributed by atoms with E-state index in [1.807, 2.05) is 6.92 Å². The lowest BCUT2D eigenvalue weighted by molar-refractivity contribution is -0.860. The lowest BCUT2D eigenvalue weighted by Crippen LogP contribution is -2.38. The monoisotopic (exact) mass is 209 g/mol. The standard InChI is InChI=1S/C10H15N3O2/c1-2-9-11-10(15-12-9)8-6-13(14)4-3-7(8)5-13/h7-8H,2-6H2,1H3. The maximum atomic E-state index is 12.0. The van der Waals surface area contributed by atoms with E-state index in [-0.39, 0.29) is 10.6 Å². The lowest BCUT2D eigenvalue weighted by Gasteiger charge is -2.36. The molecule has 3 rings (SSSR count). The number of quaternary nitrogens is 1. The van der Waals surface area contributed by atoms with Crippen molar-refractivity contribution in [3.63, 3.8) is 0 Å². The average Bonchev–Trinajstić information content (AvgIpc) is 2.87. The highest BCUT2D eigenvalue weighted by atomic mass is 16.5. The maximum absolute atomic E-state index is 12.0. The molecular formula is C10H15N3O2. The van der Waals surface area contributed by atoms with Crippen LogP contribution in [0.4, 0.5) is 0 Å². The number of aromatic nitrogens is 2. The molecule has 15 heavy (non-hydrogen) atoms. The van der Waals surface area contributed by atoms with Gasteiger partial charge in [-0.25, -0.2) is 0 Å². The predicted molar refractivity (Wildman–Crippen MR) is 52.8 cm³/mol. The van der Waals surface area contributed by atoms with Gasteiger partial charge >= 0.3 is 0 Å². The van der Waals surface area contributed by atoms with E-state index in [4.69, 9.17) is 4.52 Å². The molecule has 0 aromatic carbocycles. The van der Waals surface area contributed by atoms with E-state index >= 15 is 0 Å². The third-order valence-electron chi connectivity index (χ3n) is 3.69. The van der Waals surface area contributed by atoms with Crippen molar-refractivity contribution in [3.05, 3.63) is 16.9 Å². The summed E-state index contributed by atoms with van der Waals surface area (Å²) in [5.74, 6) is 2.12. The summed E-state index contributed by atoms with van der Waals surface area (Å²) in [7, 11) is 0. The van der Waals surface area contributed by atoms with Crippen LogP contribution in [-0.2, 0) is 6.42 Å². The highest BCUT2D eigenvalue weighted by Crippen LogP contribution is 2.43. The molecule has 2 aliphatic heterocycles. The smallest absolute Gasteiger partial charge is 0.235 e. The third-order valence-corrected chi connectivity index (χ3v) is 3.69. The van der Waals surface area contributed by atoms with Crippen molar-refractivity contribution in [2.24, 2.45) is 5.92 Å². The van der Waals surface area contributed by atoms with E-state index in [2.05, 4.69) is 10.1 Å². The average molecular weight is 209 g/mol. The fourth-order valence-electron chi connectivity index (χ4n) is 2.85. The molecule has 0 spiro atoms. The van der Waals surface area contributed by atoms with Crippen LogP contribution in [0.1, 0.15) is 31.0 Å². The number of hydroxylamine groups is 3. The van der Waals surface area contributed by atoms with Gasteiger partial charge in [0.25, 0.3) is 0 Å². The summed E-state index contributed by atoms with van der Waals surface area (Å²) in [4.78, 5) is 4.33. The van der Waals surface area contributed by atoms with E-state index in [0.717, 1.165) is 31.8 Å². The zero-order valence-corrected chi connectivity index (χ0v) is 8.85. The first-order valence-corrected chi connectivity index (χ1v) is 5.60. The molecule has 3 atom stereocenters. The van der Waals surface area contributed by atoms with Crippen LogP contribution in [0.2, 0.25) is 0 Å². The van der Waals surface area contributed by atoms with Crippen molar-refractivity contribution in [1.29, 1.82) is 0 Å². The third kappa shape index (κ3) is 1.38. The Morgan fingerprint density at radius 2 is 2.40 bits per heavy atom. The highest BCUT2D eigenvalue weighted by molar-refractivity contribution is 5.02. The van der Waals surface area contributed by atoms with Gasteiger partial charge in [-0.2, -0.15) is 4.98 Å². The van der Waals surface area contributed by atoms with Crippen molar-refractivity contribution in [2.75, 3.05) is 19.6 Å². The van der Waals surface area contributed by atoms with Gasteiger partial charge in [0.05, 0.1) is 25.6 Å². The van der Waals surface area contributed by atoms with Gasteiger partial charge in [-0.3, -0.25) is 0 Å². The molecule has 5 nitrogen and oxygen atoms in total. The fourth-order valence-corrected chi connectivity index (χ4v) is 2.85. The minimum absolute atomic E-state index is 0.0425. The quantitative estimate of drug-likeness (QED) is 0.539. The fraction of sp³-hybridized carbons (Fsp3) is 0.800. The predicted octanol–water partition coefficient (Wildman–Crippen LogP) is 1.06. The van der Waals surface area contributed by atoms with Gasteiger partial charge in [0.1, 0.15) is 0 Å². The Kier molecular flexibility index (Phi) is 1.87. The topological polar surface area (TPSA) is 62.0 Å². The van der Waals surface area contributed by atoms with Gasteiger partial charge in [0.15, 0.2) is 5.82 Å². The van der Waals surface area contributed by atoms with Crippen molar-refractivity contribution in [2.45, 2.75) is 25.7 Å². The number of piperidine rings is 1. The number of rotatable bonds is 2. The Morgan fingerprint density at radius 1 is 1.53 bits per heavy atom. The molecule has 2 bridgehead atoms. The second-order valence-corrected chi connectivity index (χ2v) is 4.70. The summed E-state index contributed by atoms with van der Waals surface area (Å²) in [6.45, 7) is 4.15. The number of hydrogen-bond acceptors (Lipinski definition) is 4. The number of fused-ring (bicyclic) bond motifs is 2. The second kappa shape index (κ2) is 3.02. The largest absolute Gasteiger partial charge is 0.633 e. The number of nitrogens with zero attached hydrogens (tertiary/aromatic N) is 3. The Morgan fingerprint density at radius 3 is 2.93 bits per heavy atom. The van der Waals surface area contributed by atoms with E-state index in [1.165, 1.54) is 0 Å². The van der Waals surface area contributed by atoms with Crippen LogP contribution in [0.3, 0.4) is 0 Å². The summed E-state index contributed by atoms with van der Waals surface area (Å²) in [6.07, 6.45) is 1.80. The molecule has 1 aromatic rings. The molecule has 2 saturated heterocycles. The van der Waals surface area contributed by atoms with E-state index in [1.54, 1.807) is 0 Å². The van der Waals surface area contributed by atoms with Gasteiger partial charge < -0.3 is 14.4 Å². The Hall–Kier alpha value is -0.940. The van der Waals surface area contributed by atoms with Gasteiger partial charge in [-0.15, -0.1) is 0 Å². The number of hydrogen-bond donors (Lipinski definition) is 0. The molecule has 1 aromatic heterocycles. The zero-order valence-electron chi connectivity index (χ0n) is 8.85. The molecule has 0 aliphatic carbocycles. The normalized spacial score (nSPS) is 38.8. The Balaban J connectivity index is 1.84. The summed E-state index contributed by atoms with van der Waals surface area (Å²) < 4.78 is 5.18. The maximum Gasteiger partial charge on any atom is 0.235 e. The van der Waals surface area contributed by atoms with Crippen molar-refractivity contribution in [1.82, 2.24) is 10.1 Å². The van der Waals surface area contributed by atoms with Crippen molar-refractivity contribution < 1.29 is 9.17 Å². The van der Waals surface area contributed by atoms with E-state index in [9.17, 15) is 5.21 Å². The van der Waals surface area contributed by atoms with E-state index < -0.39 is 0 Å². The van der Waals surface area contributed by atoms with Crippen LogP contribution < -0.4 is 0 Å². The number of aryl methyl sites for hydroxylation is 1. The van der Waals surface area contributed by atoms with Crippen LogP contribution >= 0.6 is 0 Å². The second-order valence-electron chi connectivity index (χ2n) is 4.70. The molecule has 2 aliphatic rings. The molecule has 0 amide bonds. The molecule has 0 saturated carbocycles. The Labute approximate surface area is 88.2 Å². The molecule has 2 fully saturated rings. The highest BCUT2D eigenvalue weighted by Gasteiger charge is 2.49. The SMILES string of the molecule is CCc1noc(C2C[N+]3([O-])CCC2C3)n1. The van der Waals surface area contributed by atoms with Crippen LogP contribution in [-0.4, -0.2) is 34.4 Å². The molecule has 3 unspecified atom stereocenters. The lowest BCUT2D eigenvalue weighted by atomic mass is 9.92. The van der Waals surface area contributed by atoms with Crippen LogP contribution in [0, 0.1) is 11.1 Å². The summed E-state index contributed by atoms with van der Waals surface area (Å²) in [5, 5.41) is 15.9. The van der Waals surface area contributed by atoms with Gasteiger partial charge in [-0.05, 0) is 0 Å². The first-order chi connectivity index (χ1) is 7.20. The van der Waals surface area contributed by atoms with Crippen molar-refractivity contribution >= 4 is 0 Å². The molecule has 0 radical (unpaired) electrons. The minimum Gasteiger partial charge on any atom is -0.633 e. The first-order valence-electron chi connectivity index (χ1n) is 5.60. The summed E-state index contributed by atoms with van der Waals surface area (Å²) in [5.41, 5.74) is 0. The molecular weight excluding hydrogens is 194 g/mol. The van der Waals surface area contributed by atoms with Gasteiger partial charge in [0, 0.05) is 18.8 Å². The minimum atomic E-state index is -0.0425. The molecule has 5 heteroatoms. The van der Waals surface area contributed by atoms with Gasteiger partial charge in [0.2, 0.25) is 5.89 Å². The molecule has 0 N–H and O–H groups in total. The van der Waals surface area contributed by atoms with Crippen molar-refractivity contribution in [3.8, 4) is 0 Å². The van der Waals surface area contributed by atoms with Crippen LogP contribution in [0.25, 0.3) is 0 Å². The summed E-state index contributed by atoms with van der Waals surface area (Å²) in [6, 6.07) is 0. The van der Waals surface area contributed by atoms with E-state index in [0.29, 0.717) is 18.4 Å². The Bertz CT molecular complexity index is 378. The van der Waals surface area contributed by atoms with Gasteiger partial charge in [-0.1, -0.05) is 12.1 Å². The van der Waals surface area contributed by atoms with Crippen LogP contribution in [0.15, 0.2) is 4.52 Å². The molecule has 3 heterocycles. The summed E-state index contributed by atoms with van der Waals surface area (Å²) >= 11 is 0.